The highest BCUT2D eigenvalue weighted by Gasteiger charge is 2.31. The molecule has 0 amide bonds. The Morgan fingerprint density at radius 2 is 1.56 bits per heavy atom. The van der Waals surface area contributed by atoms with Gasteiger partial charge in [0.05, 0.1) is 4.48 Å². The van der Waals surface area contributed by atoms with Crippen molar-refractivity contribution < 1.29 is 9.59 Å². The Morgan fingerprint density at radius 1 is 1.00 bits per heavy atom. The van der Waals surface area contributed by atoms with Gasteiger partial charge in [-0.25, -0.2) is 0 Å². The third kappa shape index (κ3) is 3.54. The number of Topliss-reactive ketones (excluding diaryl/α,β-unsaturated/α-hetero) is 2. The maximum absolute atomic E-state index is 13.1. The molecule has 138 valence electrons. The molecule has 1 aliphatic rings. The quantitative estimate of drug-likeness (QED) is 0.609. The van der Waals surface area contributed by atoms with Crippen molar-refractivity contribution in [2.75, 3.05) is 18.0 Å². The summed E-state index contributed by atoms with van der Waals surface area (Å²) in [5.41, 5.74) is 5.97. The molecule has 0 heterocycles. The number of hydrogen-bond donors (Lipinski definition) is 0. The fourth-order valence-electron chi connectivity index (χ4n) is 3.79. The number of aryl methyl sites for hydroxylation is 3. The average molecular weight is 424 g/mol. The van der Waals surface area contributed by atoms with Crippen molar-refractivity contribution in [1.29, 1.82) is 0 Å². The number of benzene rings is 2. The molecular weight excluding hydrogens is 402 g/mol. The monoisotopic (exact) mass is 423 g/mol. The van der Waals surface area contributed by atoms with Crippen LogP contribution in [0.1, 0.15) is 37.4 Å². The van der Waals surface area contributed by atoms with Crippen molar-refractivity contribution >= 4 is 33.2 Å². The lowest BCUT2D eigenvalue weighted by Gasteiger charge is -2.30. The summed E-state index contributed by atoms with van der Waals surface area (Å²) >= 11 is 3.39. The molecule has 0 N–H and O–H groups in total. The van der Waals surface area contributed by atoms with E-state index in [1.807, 2.05) is 6.08 Å². The van der Waals surface area contributed by atoms with Crippen molar-refractivity contribution in [2.24, 2.45) is 0 Å². The number of anilines is 1. The van der Waals surface area contributed by atoms with E-state index >= 15 is 0 Å². The van der Waals surface area contributed by atoms with E-state index in [4.69, 9.17) is 0 Å². The Bertz CT molecular complexity index is 965. The normalized spacial score (nSPS) is 13.6. The lowest BCUT2D eigenvalue weighted by atomic mass is 9.89. The minimum absolute atomic E-state index is 0.103. The van der Waals surface area contributed by atoms with Gasteiger partial charge in [0.2, 0.25) is 5.78 Å². The van der Waals surface area contributed by atoms with Crippen LogP contribution in [0.5, 0.6) is 0 Å². The number of allylic oxidation sites excluding steroid dienone is 1. The first-order valence-corrected chi connectivity index (χ1v) is 9.65. The Kier molecular flexibility index (Phi) is 5.47. The number of halogens is 1. The van der Waals surface area contributed by atoms with Crippen LogP contribution < -0.4 is 4.90 Å². The SMILES string of the molecule is C=CCN(CC1=C(Br)C(=O)c2ccccc2C1=O)c1c(C)cc(C)cc1C. The van der Waals surface area contributed by atoms with Gasteiger partial charge in [0, 0.05) is 35.5 Å². The summed E-state index contributed by atoms with van der Waals surface area (Å²) in [6, 6.07) is 11.2. The first kappa shape index (κ1) is 19.3. The summed E-state index contributed by atoms with van der Waals surface area (Å²) in [5.74, 6) is -0.246. The van der Waals surface area contributed by atoms with Crippen LogP contribution in [0.3, 0.4) is 0 Å². The first-order chi connectivity index (χ1) is 12.8. The molecule has 0 aliphatic heterocycles. The molecule has 2 aromatic carbocycles. The zero-order valence-electron chi connectivity index (χ0n) is 15.8. The third-order valence-electron chi connectivity index (χ3n) is 4.80. The first-order valence-electron chi connectivity index (χ1n) is 8.86. The van der Waals surface area contributed by atoms with Crippen molar-refractivity contribution in [2.45, 2.75) is 20.8 Å². The highest BCUT2D eigenvalue weighted by molar-refractivity contribution is 9.12. The zero-order valence-corrected chi connectivity index (χ0v) is 17.4. The Morgan fingerprint density at radius 3 is 2.11 bits per heavy atom. The minimum Gasteiger partial charge on any atom is -0.363 e. The molecule has 0 atom stereocenters. The molecule has 3 nitrogen and oxygen atoms in total. The topological polar surface area (TPSA) is 37.4 Å². The third-order valence-corrected chi connectivity index (χ3v) is 5.64. The molecule has 0 bridgehead atoms. The summed E-state index contributed by atoms with van der Waals surface area (Å²) in [7, 11) is 0. The molecular formula is C23H22BrNO2. The molecule has 0 saturated heterocycles. The van der Waals surface area contributed by atoms with E-state index < -0.39 is 0 Å². The number of carbonyl (C=O) groups is 2. The smallest absolute Gasteiger partial charge is 0.201 e. The van der Waals surface area contributed by atoms with Gasteiger partial charge in [-0.1, -0.05) is 48.0 Å². The molecule has 1 aliphatic carbocycles. The van der Waals surface area contributed by atoms with Crippen LogP contribution in [0.2, 0.25) is 0 Å². The number of nitrogens with zero attached hydrogens (tertiary/aromatic N) is 1. The van der Waals surface area contributed by atoms with Crippen LogP contribution in [-0.2, 0) is 0 Å². The standard InChI is InChI=1S/C23H22BrNO2/c1-5-10-25(21-15(3)11-14(2)12-16(21)4)13-19-20(24)23(27)18-9-7-6-8-17(18)22(19)26/h5-9,11-12H,1,10,13H2,2-4H3. The summed E-state index contributed by atoms with van der Waals surface area (Å²) in [6.07, 6.45) is 1.82. The van der Waals surface area contributed by atoms with E-state index in [0.29, 0.717) is 34.3 Å². The second kappa shape index (κ2) is 7.65. The molecule has 27 heavy (non-hydrogen) atoms. The lowest BCUT2D eigenvalue weighted by molar-refractivity contribution is 0.0981. The molecule has 0 radical (unpaired) electrons. The maximum atomic E-state index is 13.1. The van der Waals surface area contributed by atoms with Crippen LogP contribution >= 0.6 is 15.9 Å². The molecule has 3 rings (SSSR count). The number of hydrogen-bond acceptors (Lipinski definition) is 3. The molecule has 0 aromatic heterocycles. The van der Waals surface area contributed by atoms with E-state index in [2.05, 4.69) is 60.3 Å². The molecule has 4 heteroatoms. The Hall–Kier alpha value is -2.46. The van der Waals surface area contributed by atoms with Crippen molar-refractivity contribution in [3.8, 4) is 0 Å². The summed E-state index contributed by atoms with van der Waals surface area (Å²) in [6.45, 7) is 11.0. The number of carbonyl (C=O) groups excluding carboxylic acids is 2. The summed E-state index contributed by atoms with van der Waals surface area (Å²) < 4.78 is 0.350. The fourth-order valence-corrected chi connectivity index (χ4v) is 4.31. The number of ketones is 2. The molecule has 0 unspecified atom stereocenters. The van der Waals surface area contributed by atoms with Crippen LogP contribution in [0.4, 0.5) is 5.69 Å². The summed E-state index contributed by atoms with van der Waals surface area (Å²) in [4.78, 5) is 27.9. The maximum Gasteiger partial charge on any atom is 0.201 e. The van der Waals surface area contributed by atoms with Crippen LogP contribution in [0, 0.1) is 20.8 Å². The summed E-state index contributed by atoms with van der Waals surface area (Å²) in [5, 5.41) is 0. The van der Waals surface area contributed by atoms with E-state index in [0.717, 1.165) is 16.8 Å². The number of rotatable bonds is 5. The predicted octanol–water partition coefficient (Wildman–Crippen LogP) is 5.33. The van der Waals surface area contributed by atoms with Gasteiger partial charge in [0.15, 0.2) is 5.78 Å². The molecule has 0 fully saturated rings. The van der Waals surface area contributed by atoms with E-state index in [-0.39, 0.29) is 11.6 Å². The number of fused-ring (bicyclic) bond motifs is 1. The Labute approximate surface area is 168 Å². The van der Waals surface area contributed by atoms with Gasteiger partial charge in [0.25, 0.3) is 0 Å². The van der Waals surface area contributed by atoms with Crippen molar-refractivity contribution in [3.63, 3.8) is 0 Å². The lowest BCUT2D eigenvalue weighted by Crippen LogP contribution is -2.32. The van der Waals surface area contributed by atoms with E-state index in [1.165, 1.54) is 5.56 Å². The van der Waals surface area contributed by atoms with Crippen LogP contribution in [0.25, 0.3) is 0 Å². The van der Waals surface area contributed by atoms with Crippen molar-refractivity contribution in [1.82, 2.24) is 0 Å². The fraction of sp³-hybridized carbons (Fsp3) is 0.217. The van der Waals surface area contributed by atoms with Gasteiger partial charge in [-0.2, -0.15) is 0 Å². The highest BCUT2D eigenvalue weighted by Crippen LogP contribution is 2.33. The average Bonchev–Trinajstić information content (AvgIpc) is 2.62. The second-order valence-electron chi connectivity index (χ2n) is 6.91. The van der Waals surface area contributed by atoms with Crippen LogP contribution in [-0.4, -0.2) is 24.7 Å². The van der Waals surface area contributed by atoms with E-state index in [1.54, 1.807) is 24.3 Å². The van der Waals surface area contributed by atoms with Crippen molar-refractivity contribution in [3.05, 3.63) is 86.9 Å². The van der Waals surface area contributed by atoms with Gasteiger partial charge in [0.1, 0.15) is 0 Å². The largest absolute Gasteiger partial charge is 0.363 e. The van der Waals surface area contributed by atoms with Gasteiger partial charge >= 0.3 is 0 Å². The van der Waals surface area contributed by atoms with Gasteiger partial charge in [-0.3, -0.25) is 9.59 Å². The van der Waals surface area contributed by atoms with Gasteiger partial charge in [-0.15, -0.1) is 6.58 Å². The molecule has 0 spiro atoms. The molecule has 0 saturated carbocycles. The molecule has 2 aromatic rings. The van der Waals surface area contributed by atoms with Crippen LogP contribution in [0.15, 0.2) is 59.1 Å². The predicted molar refractivity (Wildman–Crippen MR) is 114 cm³/mol. The van der Waals surface area contributed by atoms with Gasteiger partial charge < -0.3 is 4.90 Å². The second-order valence-corrected chi connectivity index (χ2v) is 7.71. The zero-order chi connectivity index (χ0) is 19.7. The van der Waals surface area contributed by atoms with E-state index in [9.17, 15) is 9.59 Å². The highest BCUT2D eigenvalue weighted by atomic mass is 79.9. The minimum atomic E-state index is -0.142. The van der Waals surface area contributed by atoms with Gasteiger partial charge in [-0.05, 0) is 47.8 Å². The Balaban J connectivity index is 2.06.